The maximum Gasteiger partial charge on any atom is 0.259 e. The zero-order valence-corrected chi connectivity index (χ0v) is 18.8. The van der Waals surface area contributed by atoms with Gasteiger partial charge >= 0.3 is 0 Å². The number of ether oxygens (including phenoxy) is 1. The van der Waals surface area contributed by atoms with Gasteiger partial charge in [0.2, 0.25) is 10.1 Å². The van der Waals surface area contributed by atoms with Gasteiger partial charge in [0, 0.05) is 41.8 Å². The molecule has 0 bridgehead atoms. The average Bonchev–Trinajstić information content (AvgIpc) is 3.37. The van der Waals surface area contributed by atoms with Crippen LogP contribution in [0.15, 0.2) is 67.3 Å². The van der Waals surface area contributed by atoms with Crippen LogP contribution in [0, 0.1) is 6.92 Å². The summed E-state index contributed by atoms with van der Waals surface area (Å²) in [6.07, 6.45) is 7.67. The SMILES string of the molecule is COc1ccccc1-c1cc(C)ncc1C(=O)Nc1nn2cc(Cc3ccncc3)nc2s1. The lowest BCUT2D eigenvalue weighted by Gasteiger charge is -2.13. The number of rotatable bonds is 6. The number of fused-ring (bicyclic) bond motifs is 1. The fraction of sp³-hybridized carbons (Fsp3) is 0.125. The zero-order valence-electron chi connectivity index (χ0n) is 18.0. The van der Waals surface area contributed by atoms with Crippen molar-refractivity contribution >= 4 is 27.3 Å². The Labute approximate surface area is 193 Å². The maximum atomic E-state index is 13.2. The second-order valence-electron chi connectivity index (χ2n) is 7.42. The first kappa shape index (κ1) is 20.8. The monoisotopic (exact) mass is 456 g/mol. The second kappa shape index (κ2) is 8.79. The molecule has 0 unspecified atom stereocenters. The van der Waals surface area contributed by atoms with Gasteiger partial charge in [-0.3, -0.25) is 20.1 Å². The van der Waals surface area contributed by atoms with Crippen LogP contribution >= 0.6 is 11.3 Å². The van der Waals surface area contributed by atoms with Crippen molar-refractivity contribution in [3.05, 3.63) is 89.8 Å². The van der Waals surface area contributed by atoms with Crippen LogP contribution in [-0.2, 0) is 6.42 Å². The molecule has 1 amide bonds. The van der Waals surface area contributed by atoms with Gasteiger partial charge in [0.05, 0.1) is 24.6 Å². The van der Waals surface area contributed by atoms with E-state index in [1.807, 2.05) is 55.6 Å². The third-order valence-corrected chi connectivity index (χ3v) is 5.97. The molecule has 0 atom stereocenters. The number of hydrogen-bond donors (Lipinski definition) is 1. The molecule has 0 aliphatic rings. The van der Waals surface area contributed by atoms with E-state index in [2.05, 4.69) is 25.4 Å². The van der Waals surface area contributed by atoms with E-state index < -0.39 is 0 Å². The molecule has 5 aromatic rings. The summed E-state index contributed by atoms with van der Waals surface area (Å²) in [5.41, 5.74) is 4.85. The summed E-state index contributed by atoms with van der Waals surface area (Å²) in [5, 5.41) is 7.83. The average molecular weight is 457 g/mol. The minimum absolute atomic E-state index is 0.294. The quantitative estimate of drug-likeness (QED) is 0.407. The largest absolute Gasteiger partial charge is 0.496 e. The molecule has 0 radical (unpaired) electrons. The Morgan fingerprint density at radius 1 is 1.15 bits per heavy atom. The van der Waals surface area contributed by atoms with Crippen LogP contribution in [0.5, 0.6) is 5.75 Å². The third kappa shape index (κ3) is 4.31. The van der Waals surface area contributed by atoms with E-state index >= 15 is 0 Å². The van der Waals surface area contributed by atoms with Gasteiger partial charge in [-0.05, 0) is 36.8 Å². The summed E-state index contributed by atoms with van der Waals surface area (Å²) in [6, 6.07) is 13.4. The Hall–Kier alpha value is -4.11. The van der Waals surface area contributed by atoms with E-state index in [0.717, 1.165) is 28.1 Å². The summed E-state index contributed by atoms with van der Waals surface area (Å²) in [7, 11) is 1.61. The molecule has 4 aromatic heterocycles. The fourth-order valence-corrected chi connectivity index (χ4v) is 4.38. The predicted molar refractivity (Wildman–Crippen MR) is 127 cm³/mol. The van der Waals surface area contributed by atoms with Crippen LogP contribution < -0.4 is 10.1 Å². The topological polar surface area (TPSA) is 94.3 Å². The van der Waals surface area contributed by atoms with Gasteiger partial charge in [-0.1, -0.05) is 29.5 Å². The number of aromatic nitrogens is 5. The van der Waals surface area contributed by atoms with Gasteiger partial charge < -0.3 is 4.74 Å². The number of amides is 1. The molecular formula is C24H20N6O2S. The number of aryl methyl sites for hydroxylation is 1. The molecule has 0 aliphatic heterocycles. The number of methoxy groups -OCH3 is 1. The number of pyridine rings is 2. The number of nitrogens with zero attached hydrogens (tertiary/aromatic N) is 5. The molecule has 33 heavy (non-hydrogen) atoms. The highest BCUT2D eigenvalue weighted by Crippen LogP contribution is 2.33. The molecule has 1 N–H and O–H groups in total. The van der Waals surface area contributed by atoms with E-state index in [1.54, 1.807) is 30.2 Å². The molecule has 0 saturated heterocycles. The van der Waals surface area contributed by atoms with E-state index in [0.29, 0.717) is 27.8 Å². The van der Waals surface area contributed by atoms with Crippen molar-refractivity contribution in [2.45, 2.75) is 13.3 Å². The number of benzene rings is 1. The summed E-state index contributed by atoms with van der Waals surface area (Å²) in [4.78, 5) is 26.9. The first-order valence-corrected chi connectivity index (χ1v) is 11.1. The predicted octanol–water partition coefficient (Wildman–Crippen LogP) is 4.41. The van der Waals surface area contributed by atoms with Crippen LogP contribution in [0.25, 0.3) is 16.1 Å². The first-order valence-electron chi connectivity index (χ1n) is 10.3. The fourth-order valence-electron chi connectivity index (χ4n) is 3.59. The van der Waals surface area contributed by atoms with Crippen molar-refractivity contribution in [1.29, 1.82) is 0 Å². The summed E-state index contributed by atoms with van der Waals surface area (Å²) in [5.74, 6) is 0.393. The zero-order chi connectivity index (χ0) is 22.8. The van der Waals surface area contributed by atoms with Gasteiger partial charge in [-0.15, -0.1) is 5.10 Å². The molecule has 9 heteroatoms. The highest BCUT2D eigenvalue weighted by atomic mass is 32.1. The lowest BCUT2D eigenvalue weighted by Crippen LogP contribution is -2.14. The number of nitrogens with one attached hydrogen (secondary N) is 1. The number of carbonyl (C=O) groups excluding carboxylic acids is 1. The summed E-state index contributed by atoms with van der Waals surface area (Å²) >= 11 is 1.32. The number of para-hydroxylation sites is 1. The molecule has 4 heterocycles. The van der Waals surface area contributed by atoms with E-state index in [1.165, 1.54) is 11.3 Å². The van der Waals surface area contributed by atoms with Crippen molar-refractivity contribution in [2.24, 2.45) is 0 Å². The number of imidazole rings is 1. The van der Waals surface area contributed by atoms with Crippen molar-refractivity contribution in [2.75, 3.05) is 12.4 Å². The molecule has 164 valence electrons. The van der Waals surface area contributed by atoms with Crippen molar-refractivity contribution in [1.82, 2.24) is 24.6 Å². The van der Waals surface area contributed by atoms with Crippen LogP contribution in [0.4, 0.5) is 5.13 Å². The molecule has 1 aromatic carbocycles. The molecule has 0 saturated carbocycles. The Bertz CT molecular complexity index is 1410. The van der Waals surface area contributed by atoms with Crippen molar-refractivity contribution in [3.8, 4) is 16.9 Å². The maximum absolute atomic E-state index is 13.2. The van der Waals surface area contributed by atoms with E-state index in [4.69, 9.17) is 4.74 Å². The Morgan fingerprint density at radius 2 is 1.97 bits per heavy atom. The minimum atomic E-state index is -0.294. The van der Waals surface area contributed by atoms with Gasteiger partial charge in [0.15, 0.2) is 0 Å². The molecule has 8 nitrogen and oxygen atoms in total. The van der Waals surface area contributed by atoms with Crippen molar-refractivity contribution < 1.29 is 9.53 Å². The number of anilines is 1. The first-order chi connectivity index (χ1) is 16.1. The van der Waals surface area contributed by atoms with Crippen LogP contribution in [0.3, 0.4) is 0 Å². The van der Waals surface area contributed by atoms with Crippen molar-refractivity contribution in [3.63, 3.8) is 0 Å². The highest BCUT2D eigenvalue weighted by molar-refractivity contribution is 7.20. The van der Waals surface area contributed by atoms with Gasteiger partial charge in [-0.2, -0.15) is 0 Å². The molecule has 0 spiro atoms. The van der Waals surface area contributed by atoms with E-state index in [9.17, 15) is 4.79 Å². The molecule has 0 aliphatic carbocycles. The van der Waals surface area contributed by atoms with Crippen LogP contribution in [-0.4, -0.2) is 37.6 Å². The summed E-state index contributed by atoms with van der Waals surface area (Å²) in [6.45, 7) is 1.89. The Morgan fingerprint density at radius 3 is 2.76 bits per heavy atom. The second-order valence-corrected chi connectivity index (χ2v) is 8.38. The minimum Gasteiger partial charge on any atom is -0.496 e. The third-order valence-electron chi connectivity index (χ3n) is 5.13. The lowest BCUT2D eigenvalue weighted by atomic mass is 9.99. The summed E-state index contributed by atoms with van der Waals surface area (Å²) < 4.78 is 7.18. The molecular weight excluding hydrogens is 436 g/mol. The molecule has 5 rings (SSSR count). The highest BCUT2D eigenvalue weighted by Gasteiger charge is 2.19. The van der Waals surface area contributed by atoms with Gasteiger partial charge in [0.25, 0.3) is 5.91 Å². The van der Waals surface area contributed by atoms with Gasteiger partial charge in [0.1, 0.15) is 5.75 Å². The Kier molecular flexibility index (Phi) is 5.54. The van der Waals surface area contributed by atoms with Gasteiger partial charge in [-0.25, -0.2) is 9.50 Å². The Balaban J connectivity index is 1.40. The number of hydrogen-bond acceptors (Lipinski definition) is 7. The lowest BCUT2D eigenvalue weighted by molar-refractivity contribution is 0.102. The van der Waals surface area contributed by atoms with Crippen LogP contribution in [0.2, 0.25) is 0 Å². The smallest absolute Gasteiger partial charge is 0.259 e. The normalized spacial score (nSPS) is 11.0. The standard InChI is InChI=1S/C24H20N6O2S/c1-15-11-19(18-5-3-4-6-21(18)32-2)20(13-26-15)22(31)28-23-29-30-14-17(27-24(30)33-23)12-16-7-9-25-10-8-16/h3-11,13-14H,12H2,1-2H3,(H,28,29,31). The molecule has 0 fully saturated rings. The van der Waals surface area contributed by atoms with Crippen LogP contribution in [0.1, 0.15) is 27.3 Å². The van der Waals surface area contributed by atoms with E-state index in [-0.39, 0.29) is 5.91 Å². The number of carbonyl (C=O) groups is 1.